The molecule has 0 amide bonds. The fourth-order valence-electron chi connectivity index (χ4n) is 1.59. The molecule has 0 fully saturated rings. The molecular formula is C12H15IN4S. The molecule has 96 valence electrons. The zero-order chi connectivity index (χ0) is 13.3. The first-order chi connectivity index (χ1) is 8.52. The first-order valence-electron chi connectivity index (χ1n) is 5.70. The second-order valence-electron chi connectivity index (χ2n) is 4.25. The molecule has 0 unspecified atom stereocenters. The molecule has 4 nitrogen and oxygen atoms in total. The summed E-state index contributed by atoms with van der Waals surface area (Å²) in [6.07, 6.45) is 0. The summed E-state index contributed by atoms with van der Waals surface area (Å²) >= 11 is 3.91. The maximum absolute atomic E-state index is 4.65. The number of anilines is 1. The Morgan fingerprint density at radius 2 is 2.00 bits per heavy atom. The van der Waals surface area contributed by atoms with Crippen LogP contribution in [-0.4, -0.2) is 22.0 Å². The molecule has 0 radical (unpaired) electrons. The number of nitrogens with zero attached hydrogens (tertiary/aromatic N) is 3. The highest BCUT2D eigenvalue weighted by Crippen LogP contribution is 2.28. The normalized spacial score (nSPS) is 11.0. The number of nitrogens with one attached hydrogen (secondary N) is 1. The van der Waals surface area contributed by atoms with Gasteiger partial charge in [-0.15, -0.1) is 11.3 Å². The zero-order valence-corrected chi connectivity index (χ0v) is 13.8. The fraction of sp³-hybridized carbons (Fsp3) is 0.417. The van der Waals surface area contributed by atoms with Crippen LogP contribution in [0.3, 0.4) is 0 Å². The van der Waals surface area contributed by atoms with E-state index in [0.717, 1.165) is 25.8 Å². The summed E-state index contributed by atoms with van der Waals surface area (Å²) in [6.45, 7) is 6.27. The van der Waals surface area contributed by atoms with E-state index < -0.39 is 0 Å². The maximum Gasteiger partial charge on any atom is 0.181 e. The van der Waals surface area contributed by atoms with Crippen molar-refractivity contribution in [2.45, 2.75) is 26.7 Å². The van der Waals surface area contributed by atoms with Gasteiger partial charge < -0.3 is 5.32 Å². The van der Waals surface area contributed by atoms with Gasteiger partial charge in [0.1, 0.15) is 11.5 Å². The predicted octanol–water partition coefficient (Wildman–Crippen LogP) is 3.68. The van der Waals surface area contributed by atoms with E-state index in [0.29, 0.717) is 11.7 Å². The van der Waals surface area contributed by atoms with Crippen LogP contribution in [0.5, 0.6) is 0 Å². The first kappa shape index (κ1) is 13.7. The summed E-state index contributed by atoms with van der Waals surface area (Å²) in [6, 6.07) is 0. The molecule has 2 aromatic heterocycles. The molecular weight excluding hydrogens is 359 g/mol. The zero-order valence-electron chi connectivity index (χ0n) is 10.8. The van der Waals surface area contributed by atoms with Gasteiger partial charge in [0, 0.05) is 12.4 Å². The Morgan fingerprint density at radius 3 is 2.50 bits per heavy atom. The lowest BCUT2D eigenvalue weighted by Gasteiger charge is -2.12. The molecule has 0 saturated carbocycles. The van der Waals surface area contributed by atoms with Crippen LogP contribution in [0, 0.1) is 10.5 Å². The molecule has 2 rings (SSSR count). The molecule has 2 aromatic rings. The average molecular weight is 374 g/mol. The summed E-state index contributed by atoms with van der Waals surface area (Å²) < 4.78 is 1.08. The lowest BCUT2D eigenvalue weighted by molar-refractivity contribution is 0.808. The minimum atomic E-state index is 0.366. The first-order valence-corrected chi connectivity index (χ1v) is 7.66. The van der Waals surface area contributed by atoms with E-state index in [1.165, 1.54) is 0 Å². The lowest BCUT2D eigenvalue weighted by Crippen LogP contribution is -2.06. The van der Waals surface area contributed by atoms with E-state index in [9.17, 15) is 0 Å². The molecule has 0 aromatic carbocycles. The molecule has 0 saturated heterocycles. The van der Waals surface area contributed by atoms with Crippen molar-refractivity contribution in [1.29, 1.82) is 0 Å². The highest BCUT2D eigenvalue weighted by molar-refractivity contribution is 14.1. The van der Waals surface area contributed by atoms with Crippen molar-refractivity contribution >= 4 is 39.7 Å². The SMILES string of the molecule is CNc1nc(-c2csc(C)n2)nc(C(C)C)c1I. The van der Waals surface area contributed by atoms with Crippen LogP contribution >= 0.6 is 33.9 Å². The Labute approximate surface area is 124 Å². The van der Waals surface area contributed by atoms with Crippen molar-refractivity contribution in [3.63, 3.8) is 0 Å². The Balaban J connectivity index is 2.58. The number of halogens is 1. The maximum atomic E-state index is 4.65. The van der Waals surface area contributed by atoms with Crippen molar-refractivity contribution in [2.24, 2.45) is 0 Å². The van der Waals surface area contributed by atoms with Gasteiger partial charge in [-0.3, -0.25) is 0 Å². The summed E-state index contributed by atoms with van der Waals surface area (Å²) in [5.74, 6) is 1.94. The quantitative estimate of drug-likeness (QED) is 0.833. The highest BCUT2D eigenvalue weighted by atomic mass is 127. The number of rotatable bonds is 3. The van der Waals surface area contributed by atoms with Crippen LogP contribution in [0.25, 0.3) is 11.5 Å². The topological polar surface area (TPSA) is 50.7 Å². The van der Waals surface area contributed by atoms with Gasteiger partial charge in [-0.2, -0.15) is 0 Å². The lowest BCUT2D eigenvalue weighted by atomic mass is 10.1. The Hall–Kier alpha value is -0.760. The van der Waals surface area contributed by atoms with Crippen LogP contribution in [0.2, 0.25) is 0 Å². The van der Waals surface area contributed by atoms with Crippen molar-refractivity contribution in [3.05, 3.63) is 19.7 Å². The third-order valence-corrected chi connectivity index (χ3v) is 4.35. The van der Waals surface area contributed by atoms with Crippen molar-refractivity contribution < 1.29 is 0 Å². The molecule has 0 atom stereocenters. The van der Waals surface area contributed by atoms with E-state index >= 15 is 0 Å². The fourth-order valence-corrected chi connectivity index (χ4v) is 3.32. The van der Waals surface area contributed by atoms with Gasteiger partial charge in [-0.05, 0) is 35.4 Å². The Bertz CT molecular complexity index is 565. The average Bonchev–Trinajstić information content (AvgIpc) is 2.76. The van der Waals surface area contributed by atoms with E-state index in [-0.39, 0.29) is 0 Å². The van der Waals surface area contributed by atoms with Crippen LogP contribution in [-0.2, 0) is 0 Å². The van der Waals surface area contributed by atoms with Crippen LogP contribution < -0.4 is 5.32 Å². The van der Waals surface area contributed by atoms with Crippen LogP contribution in [0.4, 0.5) is 5.82 Å². The largest absolute Gasteiger partial charge is 0.372 e. The number of hydrogen-bond donors (Lipinski definition) is 1. The number of aryl methyl sites for hydroxylation is 1. The van der Waals surface area contributed by atoms with Gasteiger partial charge >= 0.3 is 0 Å². The minimum Gasteiger partial charge on any atom is -0.372 e. The second kappa shape index (κ2) is 5.48. The molecule has 0 aliphatic heterocycles. The third kappa shape index (κ3) is 2.64. The summed E-state index contributed by atoms with van der Waals surface area (Å²) in [7, 11) is 1.88. The summed E-state index contributed by atoms with van der Waals surface area (Å²) in [5.41, 5.74) is 1.92. The van der Waals surface area contributed by atoms with Crippen molar-refractivity contribution in [1.82, 2.24) is 15.0 Å². The van der Waals surface area contributed by atoms with Gasteiger partial charge in [0.15, 0.2) is 5.82 Å². The predicted molar refractivity (Wildman–Crippen MR) is 84.2 cm³/mol. The summed E-state index contributed by atoms with van der Waals surface area (Å²) in [4.78, 5) is 13.6. The number of hydrogen-bond acceptors (Lipinski definition) is 5. The molecule has 0 aliphatic carbocycles. The standard InChI is InChI=1S/C12H15IN4S/c1-6(2)10-9(13)12(14-4)17-11(16-10)8-5-18-7(3)15-8/h5-6H,1-4H3,(H,14,16,17). The van der Waals surface area contributed by atoms with Crippen LogP contribution in [0.1, 0.15) is 30.5 Å². The molecule has 0 bridgehead atoms. The van der Waals surface area contributed by atoms with Crippen LogP contribution in [0.15, 0.2) is 5.38 Å². The molecule has 1 N–H and O–H groups in total. The van der Waals surface area contributed by atoms with Gasteiger partial charge in [0.05, 0.1) is 14.3 Å². The Morgan fingerprint density at radius 1 is 1.28 bits per heavy atom. The highest BCUT2D eigenvalue weighted by Gasteiger charge is 2.16. The minimum absolute atomic E-state index is 0.366. The van der Waals surface area contributed by atoms with E-state index in [2.05, 4.69) is 56.7 Å². The Kier molecular flexibility index (Phi) is 4.16. The van der Waals surface area contributed by atoms with Crippen molar-refractivity contribution in [2.75, 3.05) is 12.4 Å². The van der Waals surface area contributed by atoms with Gasteiger partial charge in [0.2, 0.25) is 0 Å². The molecule has 6 heteroatoms. The van der Waals surface area contributed by atoms with Gasteiger partial charge in [0.25, 0.3) is 0 Å². The molecule has 18 heavy (non-hydrogen) atoms. The van der Waals surface area contributed by atoms with E-state index in [4.69, 9.17) is 0 Å². The summed E-state index contributed by atoms with van der Waals surface area (Å²) in [5, 5.41) is 6.16. The third-order valence-electron chi connectivity index (χ3n) is 2.51. The van der Waals surface area contributed by atoms with E-state index in [1.807, 2.05) is 19.4 Å². The van der Waals surface area contributed by atoms with E-state index in [1.54, 1.807) is 11.3 Å². The molecule has 0 aliphatic rings. The van der Waals surface area contributed by atoms with Gasteiger partial charge in [-0.25, -0.2) is 15.0 Å². The monoisotopic (exact) mass is 374 g/mol. The van der Waals surface area contributed by atoms with Gasteiger partial charge in [-0.1, -0.05) is 13.8 Å². The molecule has 2 heterocycles. The van der Waals surface area contributed by atoms with Crippen molar-refractivity contribution in [3.8, 4) is 11.5 Å². The number of aromatic nitrogens is 3. The molecule has 0 spiro atoms. The smallest absolute Gasteiger partial charge is 0.181 e. The second-order valence-corrected chi connectivity index (χ2v) is 6.39. The number of thiazole rings is 1.